The minimum atomic E-state index is 0.000680. The highest BCUT2D eigenvalue weighted by Crippen LogP contribution is 2.17. The van der Waals surface area contributed by atoms with Crippen LogP contribution in [0.3, 0.4) is 0 Å². The second kappa shape index (κ2) is 8.46. The summed E-state index contributed by atoms with van der Waals surface area (Å²) in [5, 5.41) is 3.04. The molecule has 0 bridgehead atoms. The molecule has 1 aliphatic heterocycles. The highest BCUT2D eigenvalue weighted by atomic mass is 16.5. The highest BCUT2D eigenvalue weighted by molar-refractivity contribution is 5.74. The Morgan fingerprint density at radius 3 is 2.72 bits per heavy atom. The molecule has 0 unspecified atom stereocenters. The quantitative estimate of drug-likeness (QED) is 0.909. The third kappa shape index (κ3) is 4.92. The van der Waals surface area contributed by atoms with Crippen LogP contribution < -0.4 is 10.1 Å². The van der Waals surface area contributed by atoms with Crippen molar-refractivity contribution in [1.82, 2.24) is 20.2 Å². The molecule has 1 fully saturated rings. The molecular formula is C19H24N4O2. The normalized spacial score (nSPS) is 16.3. The number of carbonyl (C=O) groups excluding carboxylic acids is 1. The fourth-order valence-corrected chi connectivity index (χ4v) is 2.95. The number of aromatic nitrogens is 2. The lowest BCUT2D eigenvalue weighted by Crippen LogP contribution is -2.47. The van der Waals surface area contributed by atoms with Crippen molar-refractivity contribution in [1.29, 1.82) is 0 Å². The van der Waals surface area contributed by atoms with Crippen LogP contribution in [0.15, 0.2) is 48.9 Å². The Morgan fingerprint density at radius 1 is 1.28 bits per heavy atom. The number of piperidine rings is 1. The van der Waals surface area contributed by atoms with Gasteiger partial charge in [0.1, 0.15) is 6.10 Å². The number of benzene rings is 1. The van der Waals surface area contributed by atoms with Gasteiger partial charge in [0.2, 0.25) is 5.88 Å². The fraction of sp³-hybridized carbons (Fsp3) is 0.421. The predicted octanol–water partition coefficient (Wildman–Crippen LogP) is 2.83. The molecule has 2 heterocycles. The van der Waals surface area contributed by atoms with Crippen LogP contribution in [0.1, 0.15) is 31.2 Å². The van der Waals surface area contributed by atoms with E-state index in [1.807, 2.05) is 23.1 Å². The first-order valence-electron chi connectivity index (χ1n) is 8.73. The number of amides is 2. The maximum atomic E-state index is 12.4. The van der Waals surface area contributed by atoms with Gasteiger partial charge in [-0.1, -0.05) is 37.3 Å². The molecule has 1 saturated heterocycles. The topological polar surface area (TPSA) is 67.4 Å². The number of ether oxygens (including phenoxy) is 1. The number of hydrogen-bond donors (Lipinski definition) is 1. The smallest absolute Gasteiger partial charge is 0.317 e. The zero-order valence-corrected chi connectivity index (χ0v) is 14.5. The number of nitrogens with one attached hydrogen (secondary N) is 1. The molecule has 1 aliphatic rings. The lowest BCUT2D eigenvalue weighted by molar-refractivity contribution is 0.107. The third-order valence-electron chi connectivity index (χ3n) is 4.48. The molecule has 132 valence electrons. The maximum absolute atomic E-state index is 12.4. The number of likely N-dealkylation sites (tertiary alicyclic amines) is 1. The molecule has 2 amide bonds. The molecule has 0 radical (unpaired) electrons. The van der Waals surface area contributed by atoms with Crippen molar-refractivity contribution < 1.29 is 9.53 Å². The van der Waals surface area contributed by atoms with Crippen LogP contribution in [-0.2, 0) is 0 Å². The first kappa shape index (κ1) is 17.2. The molecule has 3 rings (SSSR count). The van der Waals surface area contributed by atoms with Gasteiger partial charge in [-0.3, -0.25) is 4.98 Å². The number of hydrogen-bond acceptors (Lipinski definition) is 4. The Labute approximate surface area is 148 Å². The summed E-state index contributed by atoms with van der Waals surface area (Å²) < 4.78 is 5.81. The third-order valence-corrected chi connectivity index (χ3v) is 4.48. The molecule has 2 aromatic rings. The van der Waals surface area contributed by atoms with E-state index in [0.29, 0.717) is 31.4 Å². The van der Waals surface area contributed by atoms with Crippen LogP contribution in [0.25, 0.3) is 0 Å². The summed E-state index contributed by atoms with van der Waals surface area (Å²) in [4.78, 5) is 22.3. The number of nitrogens with zero attached hydrogens (tertiary/aromatic N) is 3. The summed E-state index contributed by atoms with van der Waals surface area (Å²) in [5.41, 5.74) is 1.24. The molecule has 0 spiro atoms. The lowest BCUT2D eigenvalue weighted by Gasteiger charge is -2.32. The van der Waals surface area contributed by atoms with E-state index in [0.717, 1.165) is 12.8 Å². The van der Waals surface area contributed by atoms with Gasteiger partial charge in [0.15, 0.2) is 0 Å². The van der Waals surface area contributed by atoms with Gasteiger partial charge in [-0.05, 0) is 11.5 Å². The van der Waals surface area contributed by atoms with Crippen molar-refractivity contribution in [2.45, 2.75) is 31.8 Å². The van der Waals surface area contributed by atoms with Crippen LogP contribution in [0, 0.1) is 0 Å². The summed E-state index contributed by atoms with van der Waals surface area (Å²) in [6.07, 6.45) is 6.55. The second-order valence-electron chi connectivity index (χ2n) is 6.35. The van der Waals surface area contributed by atoms with Crippen LogP contribution in [-0.4, -0.2) is 46.6 Å². The minimum absolute atomic E-state index is 0.000680. The lowest BCUT2D eigenvalue weighted by atomic mass is 10.0. The summed E-state index contributed by atoms with van der Waals surface area (Å²) >= 11 is 0. The standard InChI is InChI=1S/C19H24N4O2/c1-15(16-5-3-2-4-6-16)13-22-19(24)23-11-7-17(8-12-23)25-18-14-20-9-10-21-18/h2-6,9-10,14-15,17H,7-8,11-13H2,1H3,(H,22,24)/t15-/m1/s1. The zero-order valence-electron chi connectivity index (χ0n) is 14.5. The number of urea groups is 1. The number of rotatable bonds is 5. The first-order chi connectivity index (χ1) is 12.2. The van der Waals surface area contributed by atoms with Gasteiger partial charge in [-0.25, -0.2) is 9.78 Å². The van der Waals surface area contributed by atoms with Gasteiger partial charge in [0.25, 0.3) is 0 Å². The molecule has 6 heteroatoms. The zero-order chi connectivity index (χ0) is 17.5. The Morgan fingerprint density at radius 2 is 2.04 bits per heavy atom. The van der Waals surface area contributed by atoms with Crippen LogP contribution >= 0.6 is 0 Å². The Kier molecular flexibility index (Phi) is 5.82. The SMILES string of the molecule is C[C@H](CNC(=O)N1CCC(Oc2cnccn2)CC1)c1ccccc1. The van der Waals surface area contributed by atoms with E-state index >= 15 is 0 Å². The van der Waals surface area contributed by atoms with Crippen LogP contribution in [0.5, 0.6) is 5.88 Å². The van der Waals surface area contributed by atoms with Crippen LogP contribution in [0.4, 0.5) is 4.79 Å². The monoisotopic (exact) mass is 340 g/mol. The molecule has 0 aliphatic carbocycles. The molecule has 1 aromatic carbocycles. The van der Waals surface area contributed by atoms with Gasteiger partial charge in [0, 0.05) is 44.9 Å². The molecular weight excluding hydrogens is 316 g/mol. The average Bonchev–Trinajstić information content (AvgIpc) is 2.68. The molecule has 0 saturated carbocycles. The van der Waals surface area contributed by atoms with Crippen molar-refractivity contribution in [2.75, 3.05) is 19.6 Å². The van der Waals surface area contributed by atoms with E-state index in [1.165, 1.54) is 5.56 Å². The van der Waals surface area contributed by atoms with E-state index in [-0.39, 0.29) is 12.1 Å². The molecule has 25 heavy (non-hydrogen) atoms. The summed E-state index contributed by atoms with van der Waals surface area (Å²) in [5.74, 6) is 0.838. The number of carbonyl (C=O) groups is 1. The van der Waals surface area contributed by atoms with Crippen molar-refractivity contribution >= 4 is 6.03 Å². The van der Waals surface area contributed by atoms with E-state index in [2.05, 4.69) is 34.3 Å². The van der Waals surface area contributed by atoms with Crippen molar-refractivity contribution in [3.63, 3.8) is 0 Å². The fourth-order valence-electron chi connectivity index (χ4n) is 2.95. The van der Waals surface area contributed by atoms with Gasteiger partial charge in [-0.2, -0.15) is 0 Å². The van der Waals surface area contributed by atoms with Crippen molar-refractivity contribution in [2.24, 2.45) is 0 Å². The molecule has 1 aromatic heterocycles. The predicted molar refractivity (Wildman–Crippen MR) is 95.5 cm³/mol. The van der Waals surface area contributed by atoms with Gasteiger partial charge >= 0.3 is 6.03 Å². The van der Waals surface area contributed by atoms with Crippen LogP contribution in [0.2, 0.25) is 0 Å². The molecule has 6 nitrogen and oxygen atoms in total. The second-order valence-corrected chi connectivity index (χ2v) is 6.35. The maximum Gasteiger partial charge on any atom is 0.317 e. The Hall–Kier alpha value is -2.63. The summed E-state index contributed by atoms with van der Waals surface area (Å²) in [6, 6.07) is 10.2. The van der Waals surface area contributed by atoms with E-state index in [1.54, 1.807) is 18.6 Å². The Balaban J connectivity index is 1.41. The molecule has 1 atom stereocenters. The minimum Gasteiger partial charge on any atom is -0.473 e. The largest absolute Gasteiger partial charge is 0.473 e. The van der Waals surface area contributed by atoms with Gasteiger partial charge in [-0.15, -0.1) is 0 Å². The van der Waals surface area contributed by atoms with Crippen molar-refractivity contribution in [3.8, 4) is 5.88 Å². The van der Waals surface area contributed by atoms with Gasteiger partial charge < -0.3 is 15.0 Å². The highest BCUT2D eigenvalue weighted by Gasteiger charge is 2.24. The van der Waals surface area contributed by atoms with Crippen molar-refractivity contribution in [3.05, 3.63) is 54.5 Å². The van der Waals surface area contributed by atoms with E-state index in [9.17, 15) is 4.79 Å². The van der Waals surface area contributed by atoms with E-state index in [4.69, 9.17) is 4.74 Å². The average molecular weight is 340 g/mol. The van der Waals surface area contributed by atoms with Gasteiger partial charge in [0.05, 0.1) is 6.20 Å². The Bertz CT molecular complexity index is 658. The summed E-state index contributed by atoms with van der Waals surface area (Å²) in [6.45, 7) is 4.14. The summed E-state index contributed by atoms with van der Waals surface area (Å²) in [7, 11) is 0. The first-order valence-corrected chi connectivity index (χ1v) is 8.73. The van der Waals surface area contributed by atoms with E-state index < -0.39 is 0 Å². The molecule has 1 N–H and O–H groups in total.